The summed E-state index contributed by atoms with van der Waals surface area (Å²) in [7, 11) is 3.89. The maximum Gasteiger partial charge on any atom is 0.370 e. The van der Waals surface area contributed by atoms with Gasteiger partial charge < -0.3 is 9.88 Å². The van der Waals surface area contributed by atoms with Gasteiger partial charge in [0.2, 0.25) is 0 Å². The molecule has 86 valence electrons. The number of hydrogen-bond acceptors (Lipinski definition) is 4. The molecule has 0 aliphatic rings. The summed E-state index contributed by atoms with van der Waals surface area (Å²) < 4.78 is 1.26. The zero-order chi connectivity index (χ0) is 12.0. The van der Waals surface area contributed by atoms with Gasteiger partial charge in [-0.25, -0.2) is 4.79 Å². The third-order valence-electron chi connectivity index (χ3n) is 2.74. The number of nitrogens with one attached hydrogen (secondary N) is 1. The summed E-state index contributed by atoms with van der Waals surface area (Å²) in [5.41, 5.74) is 1.98. The quantitative estimate of drug-likeness (QED) is 0.665. The highest BCUT2D eigenvalue weighted by Gasteiger charge is 2.07. The van der Waals surface area contributed by atoms with Crippen molar-refractivity contribution >= 4 is 22.2 Å². The molecular weight excluding hydrogens is 218 g/mol. The number of rotatable bonds is 1. The molecule has 0 aliphatic carbocycles. The van der Waals surface area contributed by atoms with Gasteiger partial charge in [0.05, 0.1) is 5.52 Å². The summed E-state index contributed by atoms with van der Waals surface area (Å²) in [4.78, 5) is 20.6. The molecule has 0 radical (unpaired) electrons. The second-order valence-corrected chi connectivity index (χ2v) is 4.04. The predicted molar refractivity (Wildman–Crippen MR) is 65.4 cm³/mol. The molecule has 2 aromatic heterocycles. The van der Waals surface area contributed by atoms with Gasteiger partial charge in [-0.1, -0.05) is 0 Å². The van der Waals surface area contributed by atoms with Gasteiger partial charge in [0.15, 0.2) is 0 Å². The van der Waals surface area contributed by atoms with Crippen LogP contribution in [0.15, 0.2) is 29.3 Å². The summed E-state index contributed by atoms with van der Waals surface area (Å²) in [5.74, 6) is 0. The Balaban J connectivity index is 2.46. The number of H-pyrrole nitrogens is 1. The molecule has 0 saturated carbocycles. The first-order valence-corrected chi connectivity index (χ1v) is 5.20. The van der Waals surface area contributed by atoms with Gasteiger partial charge in [-0.2, -0.15) is 14.6 Å². The van der Waals surface area contributed by atoms with E-state index < -0.39 is 0 Å². The van der Waals surface area contributed by atoms with Gasteiger partial charge in [0, 0.05) is 25.2 Å². The molecule has 2 heterocycles. The molecule has 6 heteroatoms. The van der Waals surface area contributed by atoms with Crippen LogP contribution in [0.4, 0.5) is 5.69 Å². The molecular formula is C11H11N5O. The van der Waals surface area contributed by atoms with Crippen LogP contribution in [0.2, 0.25) is 0 Å². The molecule has 0 aliphatic heterocycles. The Morgan fingerprint density at radius 1 is 1.35 bits per heavy atom. The van der Waals surface area contributed by atoms with E-state index in [-0.39, 0.29) is 5.69 Å². The van der Waals surface area contributed by atoms with Crippen LogP contribution in [0.25, 0.3) is 16.6 Å². The Labute approximate surface area is 96.5 Å². The van der Waals surface area contributed by atoms with Gasteiger partial charge in [-0.3, -0.25) is 0 Å². The van der Waals surface area contributed by atoms with Gasteiger partial charge in [0.25, 0.3) is 0 Å². The zero-order valence-electron chi connectivity index (χ0n) is 9.51. The summed E-state index contributed by atoms with van der Waals surface area (Å²) in [6, 6.07) is 5.80. The first kappa shape index (κ1) is 9.83. The molecule has 0 atom stereocenters. The molecule has 3 aromatic rings. The van der Waals surface area contributed by atoms with Crippen LogP contribution in [0, 0.1) is 0 Å². The van der Waals surface area contributed by atoms with E-state index in [2.05, 4.69) is 15.1 Å². The molecule has 0 saturated heterocycles. The van der Waals surface area contributed by atoms with Crippen molar-refractivity contribution in [3.8, 4) is 0 Å². The highest BCUT2D eigenvalue weighted by Crippen LogP contribution is 2.20. The van der Waals surface area contributed by atoms with Gasteiger partial charge in [0.1, 0.15) is 12.0 Å². The number of aromatic nitrogens is 4. The van der Waals surface area contributed by atoms with Crippen LogP contribution < -0.4 is 10.6 Å². The fourth-order valence-corrected chi connectivity index (χ4v) is 1.84. The maximum atomic E-state index is 11.7. The second kappa shape index (κ2) is 3.31. The monoisotopic (exact) mass is 229 g/mol. The fraction of sp³-hybridized carbons (Fsp3) is 0.182. The Morgan fingerprint density at radius 2 is 2.18 bits per heavy atom. The fourth-order valence-electron chi connectivity index (χ4n) is 1.84. The molecule has 0 spiro atoms. The molecule has 0 unspecified atom stereocenters. The largest absolute Gasteiger partial charge is 0.378 e. The minimum atomic E-state index is -0.371. The smallest absolute Gasteiger partial charge is 0.370 e. The van der Waals surface area contributed by atoms with E-state index in [1.165, 1.54) is 10.8 Å². The molecule has 1 aromatic carbocycles. The number of aromatic amines is 1. The van der Waals surface area contributed by atoms with Crippen molar-refractivity contribution < 1.29 is 0 Å². The topological polar surface area (TPSA) is 66.3 Å². The van der Waals surface area contributed by atoms with Crippen LogP contribution in [0.1, 0.15) is 0 Å². The van der Waals surface area contributed by atoms with Gasteiger partial charge >= 0.3 is 5.69 Å². The molecule has 17 heavy (non-hydrogen) atoms. The Bertz CT molecular complexity index is 755. The van der Waals surface area contributed by atoms with Crippen LogP contribution in [0.5, 0.6) is 0 Å². The van der Waals surface area contributed by atoms with Crippen molar-refractivity contribution in [3.05, 3.63) is 35.0 Å². The predicted octanol–water partition coefficient (Wildman–Crippen LogP) is 0.637. The third kappa shape index (κ3) is 1.37. The normalized spacial score (nSPS) is 11.2. The van der Waals surface area contributed by atoms with E-state index in [0.717, 1.165) is 11.1 Å². The van der Waals surface area contributed by atoms with E-state index in [9.17, 15) is 4.79 Å². The lowest BCUT2D eigenvalue weighted by molar-refractivity contribution is 0.881. The average Bonchev–Trinajstić information content (AvgIpc) is 2.78. The summed E-state index contributed by atoms with van der Waals surface area (Å²) in [6.07, 6.45) is 1.48. The zero-order valence-corrected chi connectivity index (χ0v) is 9.51. The lowest BCUT2D eigenvalue weighted by atomic mass is 10.2. The Kier molecular flexibility index (Phi) is 1.91. The number of anilines is 1. The molecule has 6 nitrogen and oxygen atoms in total. The van der Waals surface area contributed by atoms with Crippen LogP contribution in [-0.4, -0.2) is 33.7 Å². The lowest BCUT2D eigenvalue weighted by Gasteiger charge is -2.12. The van der Waals surface area contributed by atoms with Gasteiger partial charge in [-0.05, 0) is 18.2 Å². The van der Waals surface area contributed by atoms with Crippen molar-refractivity contribution in [2.75, 3.05) is 19.0 Å². The van der Waals surface area contributed by atoms with Crippen molar-refractivity contribution in [2.45, 2.75) is 0 Å². The van der Waals surface area contributed by atoms with Crippen molar-refractivity contribution in [2.24, 2.45) is 0 Å². The van der Waals surface area contributed by atoms with E-state index in [4.69, 9.17) is 0 Å². The average molecular weight is 229 g/mol. The van der Waals surface area contributed by atoms with E-state index in [1.807, 2.05) is 37.2 Å². The van der Waals surface area contributed by atoms with Gasteiger partial charge in [-0.15, -0.1) is 0 Å². The number of benzene rings is 1. The SMILES string of the molecule is CN(C)c1ccc2c(c1)nc(=O)n1nc[nH]c21. The number of fused-ring (bicyclic) bond motifs is 3. The molecule has 1 N–H and O–H groups in total. The summed E-state index contributed by atoms with van der Waals surface area (Å²) in [5, 5.41) is 4.78. The minimum Gasteiger partial charge on any atom is -0.378 e. The molecule has 0 amide bonds. The molecule has 3 rings (SSSR count). The highest BCUT2D eigenvalue weighted by atomic mass is 16.1. The highest BCUT2D eigenvalue weighted by molar-refractivity contribution is 5.92. The van der Waals surface area contributed by atoms with E-state index in [1.54, 1.807) is 0 Å². The first-order valence-electron chi connectivity index (χ1n) is 5.20. The lowest BCUT2D eigenvalue weighted by Crippen LogP contribution is -2.17. The number of hydrogen-bond donors (Lipinski definition) is 1. The Morgan fingerprint density at radius 3 is 2.94 bits per heavy atom. The van der Waals surface area contributed by atoms with Crippen LogP contribution >= 0.6 is 0 Å². The van der Waals surface area contributed by atoms with Crippen molar-refractivity contribution in [3.63, 3.8) is 0 Å². The number of nitrogens with zero attached hydrogens (tertiary/aromatic N) is 4. The third-order valence-corrected chi connectivity index (χ3v) is 2.74. The van der Waals surface area contributed by atoms with E-state index in [0.29, 0.717) is 11.2 Å². The summed E-state index contributed by atoms with van der Waals surface area (Å²) >= 11 is 0. The van der Waals surface area contributed by atoms with Crippen LogP contribution in [-0.2, 0) is 0 Å². The standard InChI is InChI=1S/C11H11N5O/c1-15(2)7-3-4-8-9(5-7)14-11(17)16-10(8)12-6-13-16/h3-6H,1-2H3,(H,12,13). The van der Waals surface area contributed by atoms with E-state index >= 15 is 0 Å². The first-order chi connectivity index (χ1) is 8.16. The second-order valence-electron chi connectivity index (χ2n) is 4.04. The Hall–Kier alpha value is -2.37. The molecule has 0 fully saturated rings. The van der Waals surface area contributed by atoms with Crippen molar-refractivity contribution in [1.82, 2.24) is 19.6 Å². The molecule has 0 bridgehead atoms. The van der Waals surface area contributed by atoms with Crippen molar-refractivity contribution in [1.29, 1.82) is 0 Å². The minimum absolute atomic E-state index is 0.371. The maximum absolute atomic E-state index is 11.7. The van der Waals surface area contributed by atoms with Crippen LogP contribution in [0.3, 0.4) is 0 Å². The summed E-state index contributed by atoms with van der Waals surface area (Å²) in [6.45, 7) is 0.